The number of hydrogen-bond donors (Lipinski definition) is 2. The van der Waals surface area contributed by atoms with Crippen LogP contribution in [0.15, 0.2) is 46.9 Å². The van der Waals surface area contributed by atoms with Gasteiger partial charge in [0.2, 0.25) is 5.89 Å². The number of oxazole rings is 1. The van der Waals surface area contributed by atoms with Crippen molar-refractivity contribution in [3.63, 3.8) is 0 Å². The van der Waals surface area contributed by atoms with Crippen LogP contribution in [0.4, 0.5) is 26.7 Å². The summed E-state index contributed by atoms with van der Waals surface area (Å²) in [5.74, 6) is -4.66. The average molecular weight is 577 g/mol. The Balaban J connectivity index is 1.26. The van der Waals surface area contributed by atoms with Crippen molar-refractivity contribution in [1.82, 2.24) is 20.5 Å². The van der Waals surface area contributed by atoms with Gasteiger partial charge in [0.05, 0.1) is 6.54 Å². The highest BCUT2D eigenvalue weighted by atomic mass is 19.4. The van der Waals surface area contributed by atoms with Crippen LogP contribution in [0.1, 0.15) is 54.3 Å². The van der Waals surface area contributed by atoms with Crippen molar-refractivity contribution < 1.29 is 36.0 Å². The lowest BCUT2D eigenvalue weighted by Crippen LogP contribution is -2.43. The first-order valence-electron chi connectivity index (χ1n) is 13.7. The van der Waals surface area contributed by atoms with Crippen molar-refractivity contribution in [3.05, 3.63) is 65.0 Å². The minimum Gasteiger partial charge on any atom is -0.438 e. The first-order valence-corrected chi connectivity index (χ1v) is 13.7. The molecule has 2 N–H and O–H groups in total. The number of urea groups is 1. The summed E-state index contributed by atoms with van der Waals surface area (Å²) >= 11 is 0. The Kier molecular flexibility index (Phi) is 6.69. The summed E-state index contributed by atoms with van der Waals surface area (Å²) in [5, 5.41) is 4.51. The van der Waals surface area contributed by atoms with Gasteiger partial charge in [-0.1, -0.05) is 35.9 Å². The maximum absolute atomic E-state index is 15.3. The van der Waals surface area contributed by atoms with Gasteiger partial charge in [0, 0.05) is 12.1 Å². The molecule has 2 aromatic carbocycles. The summed E-state index contributed by atoms with van der Waals surface area (Å²) in [6.07, 6.45) is -0.816. The minimum absolute atomic E-state index is 0.0771. The molecule has 3 fully saturated rings. The van der Waals surface area contributed by atoms with Crippen LogP contribution < -0.4 is 10.6 Å². The maximum Gasteiger partial charge on any atom is 0.410 e. The van der Waals surface area contributed by atoms with Crippen LogP contribution in [0, 0.1) is 24.7 Å². The van der Waals surface area contributed by atoms with Crippen LogP contribution in [0.25, 0.3) is 11.1 Å². The van der Waals surface area contributed by atoms with Gasteiger partial charge in [-0.25, -0.2) is 9.78 Å². The van der Waals surface area contributed by atoms with Crippen LogP contribution >= 0.6 is 0 Å². The third kappa shape index (κ3) is 5.60. The fraction of sp³-hybridized carbons (Fsp3) is 0.483. The van der Waals surface area contributed by atoms with Crippen LogP contribution in [0.2, 0.25) is 0 Å². The molecular formula is C29H29F5N4O3. The van der Waals surface area contributed by atoms with E-state index in [9.17, 15) is 22.8 Å². The number of rotatable bonds is 9. The lowest BCUT2D eigenvalue weighted by molar-refractivity contribution is -0.150. The third-order valence-corrected chi connectivity index (χ3v) is 8.19. The maximum atomic E-state index is 15.3. The van der Waals surface area contributed by atoms with Crippen molar-refractivity contribution in [3.8, 4) is 0 Å². The van der Waals surface area contributed by atoms with Crippen LogP contribution in [-0.4, -0.2) is 40.6 Å². The molecule has 1 aromatic heterocycles. The van der Waals surface area contributed by atoms with E-state index in [1.807, 2.05) is 5.32 Å². The van der Waals surface area contributed by atoms with Gasteiger partial charge >= 0.3 is 18.1 Å². The number of carbonyl (C=O) groups excluding carboxylic acids is 2. The second-order valence-electron chi connectivity index (χ2n) is 11.4. The highest BCUT2D eigenvalue weighted by Gasteiger charge is 2.51. The molecule has 2 heterocycles. The first-order chi connectivity index (χ1) is 19.4. The van der Waals surface area contributed by atoms with E-state index in [4.69, 9.17) is 4.42 Å². The molecule has 0 radical (unpaired) electrons. The van der Waals surface area contributed by atoms with Gasteiger partial charge in [0.1, 0.15) is 17.6 Å². The molecular weight excluding hydrogens is 547 g/mol. The molecule has 3 aromatic rings. The zero-order chi connectivity index (χ0) is 29.1. The van der Waals surface area contributed by atoms with E-state index in [-0.39, 0.29) is 30.2 Å². The van der Waals surface area contributed by atoms with Gasteiger partial charge in [-0.05, 0) is 68.1 Å². The van der Waals surface area contributed by atoms with E-state index in [1.165, 1.54) is 24.3 Å². The van der Waals surface area contributed by atoms with Gasteiger partial charge in [-0.15, -0.1) is 0 Å². The number of hydrogen-bond acceptors (Lipinski definition) is 4. The van der Waals surface area contributed by atoms with E-state index < -0.39 is 48.2 Å². The zero-order valence-electron chi connectivity index (χ0n) is 22.2. The molecule has 3 aliphatic rings. The fourth-order valence-corrected chi connectivity index (χ4v) is 5.69. The first kappa shape index (κ1) is 27.5. The van der Waals surface area contributed by atoms with Crippen molar-refractivity contribution in [2.45, 2.75) is 63.3 Å². The lowest BCUT2D eigenvalue weighted by atomic mass is 9.89. The minimum atomic E-state index is -4.55. The van der Waals surface area contributed by atoms with Crippen molar-refractivity contribution in [2.24, 2.45) is 17.8 Å². The summed E-state index contributed by atoms with van der Waals surface area (Å²) in [5.41, 5.74) is 1.62. The molecule has 0 unspecified atom stereocenters. The molecule has 3 amide bonds. The number of carbonyl (C=O) groups is 2. The normalized spacial score (nSPS) is 20.5. The molecule has 1 aliphatic heterocycles. The van der Waals surface area contributed by atoms with Gasteiger partial charge in [0.15, 0.2) is 5.58 Å². The number of benzene rings is 2. The third-order valence-electron chi connectivity index (χ3n) is 8.19. The van der Waals surface area contributed by atoms with Crippen molar-refractivity contribution in [2.75, 3.05) is 6.54 Å². The van der Waals surface area contributed by atoms with E-state index in [0.717, 1.165) is 36.1 Å². The van der Waals surface area contributed by atoms with Crippen LogP contribution in [0.3, 0.4) is 0 Å². The van der Waals surface area contributed by atoms with Gasteiger partial charge < -0.3 is 20.0 Å². The second-order valence-corrected chi connectivity index (χ2v) is 11.4. The van der Waals surface area contributed by atoms with E-state index in [1.54, 1.807) is 25.1 Å². The van der Waals surface area contributed by atoms with E-state index >= 15 is 8.78 Å². The Morgan fingerprint density at radius 2 is 1.73 bits per heavy atom. The second kappa shape index (κ2) is 9.99. The largest absolute Gasteiger partial charge is 0.438 e. The smallest absolute Gasteiger partial charge is 0.410 e. The molecule has 0 spiro atoms. The topological polar surface area (TPSA) is 87.5 Å². The number of nitrogens with zero attached hydrogens (tertiary/aromatic N) is 2. The Bertz CT molecular complexity index is 1450. The molecule has 2 saturated carbocycles. The van der Waals surface area contributed by atoms with Crippen molar-refractivity contribution >= 4 is 23.0 Å². The zero-order valence-corrected chi connectivity index (χ0v) is 22.2. The summed E-state index contributed by atoms with van der Waals surface area (Å²) in [6.45, 7) is 1.18. The Labute approximate surface area is 232 Å². The molecule has 218 valence electrons. The summed E-state index contributed by atoms with van der Waals surface area (Å²) in [4.78, 5) is 30.8. The van der Waals surface area contributed by atoms with Crippen LogP contribution in [0.5, 0.6) is 0 Å². The molecule has 41 heavy (non-hydrogen) atoms. The number of alkyl halides is 5. The van der Waals surface area contributed by atoms with Gasteiger partial charge in [0.25, 0.3) is 5.91 Å². The van der Waals surface area contributed by atoms with Gasteiger partial charge in [-0.3, -0.25) is 4.79 Å². The molecule has 6 rings (SSSR count). The highest BCUT2D eigenvalue weighted by molar-refractivity contribution is 5.85. The predicted molar refractivity (Wildman–Crippen MR) is 138 cm³/mol. The number of amides is 3. The Hall–Kier alpha value is -3.70. The van der Waals surface area contributed by atoms with Gasteiger partial charge in [-0.2, -0.15) is 22.0 Å². The van der Waals surface area contributed by atoms with E-state index in [0.29, 0.717) is 16.7 Å². The molecule has 0 bridgehead atoms. The lowest BCUT2D eigenvalue weighted by Gasteiger charge is -2.27. The Morgan fingerprint density at radius 3 is 2.32 bits per heavy atom. The summed E-state index contributed by atoms with van der Waals surface area (Å²) in [7, 11) is 0. The number of nitrogens with one attached hydrogen (secondary N) is 2. The predicted octanol–water partition coefficient (Wildman–Crippen LogP) is 5.98. The SMILES string of the molecule is Cc1ccc(C(F)(F)C(=O)N[C@H](c2nc3cc(CN4C[C@@H](C(F)(F)F)NC4=O)ccc3o2)C(C2CC2)C2CC2)cc1. The Morgan fingerprint density at radius 1 is 1.07 bits per heavy atom. The molecule has 12 heteroatoms. The molecule has 2 atom stereocenters. The number of halogens is 5. The van der Waals surface area contributed by atoms with Crippen LogP contribution in [-0.2, 0) is 17.3 Å². The number of fused-ring (bicyclic) bond motifs is 1. The summed E-state index contributed by atoms with van der Waals surface area (Å²) < 4.78 is 75.7. The molecule has 2 aliphatic carbocycles. The fourth-order valence-electron chi connectivity index (χ4n) is 5.69. The quantitative estimate of drug-likeness (QED) is 0.307. The standard InChI is InChI=1S/C29H29F5N4O3/c1-15-2-9-19(10-3-15)28(30,31)26(39)37-24(23(17-5-6-17)18-7-8-18)25-35-20-12-16(4-11-21(20)41-25)13-38-14-22(29(32,33)34)36-27(38)40/h2-4,9-12,17-18,22-24H,5-8,13-14H2,1H3,(H,36,40)(H,37,39)/t22-,24-/m0/s1. The highest BCUT2D eigenvalue weighted by Crippen LogP contribution is 2.54. The summed E-state index contributed by atoms with van der Waals surface area (Å²) in [6, 6.07) is 6.69. The molecule has 7 nitrogen and oxygen atoms in total. The number of aromatic nitrogens is 1. The molecule has 1 saturated heterocycles. The monoisotopic (exact) mass is 576 g/mol. The van der Waals surface area contributed by atoms with Crippen molar-refractivity contribution in [1.29, 1.82) is 0 Å². The number of aryl methyl sites for hydroxylation is 1. The van der Waals surface area contributed by atoms with E-state index in [2.05, 4.69) is 10.3 Å². The average Bonchev–Trinajstić information content (AvgIpc) is 3.85.